The Labute approximate surface area is 139 Å². The molecule has 0 aliphatic carbocycles. The van der Waals surface area contributed by atoms with Crippen LogP contribution in [0, 0.1) is 0 Å². The Morgan fingerprint density at radius 1 is 1.41 bits per heavy atom. The van der Waals surface area contributed by atoms with Crippen molar-refractivity contribution < 1.29 is 0 Å². The maximum absolute atomic E-state index is 5.96. The molecule has 2 aromatic heterocycles. The van der Waals surface area contributed by atoms with Crippen molar-refractivity contribution in [2.24, 2.45) is 0 Å². The topological polar surface area (TPSA) is 53.1 Å². The SMILES string of the molecule is CNc1cc(N2CCCC2CNCc2ccc(Cl)s2)ncn1. The minimum atomic E-state index is 0.482. The van der Waals surface area contributed by atoms with Crippen molar-refractivity contribution in [1.82, 2.24) is 15.3 Å². The molecule has 22 heavy (non-hydrogen) atoms. The summed E-state index contributed by atoms with van der Waals surface area (Å²) in [5.74, 6) is 1.86. The number of anilines is 2. The third-order valence-electron chi connectivity index (χ3n) is 3.89. The van der Waals surface area contributed by atoms with E-state index in [9.17, 15) is 0 Å². The number of halogens is 1. The summed E-state index contributed by atoms with van der Waals surface area (Å²) in [4.78, 5) is 12.2. The molecular formula is C15H20ClN5S. The summed E-state index contributed by atoms with van der Waals surface area (Å²) in [6.07, 6.45) is 4.02. The highest BCUT2D eigenvalue weighted by atomic mass is 35.5. The summed E-state index contributed by atoms with van der Waals surface area (Å²) in [7, 11) is 1.88. The molecule has 1 saturated heterocycles. The van der Waals surface area contributed by atoms with Crippen LogP contribution in [-0.4, -0.2) is 36.1 Å². The molecule has 7 heteroatoms. The Balaban J connectivity index is 1.58. The maximum Gasteiger partial charge on any atom is 0.134 e. The van der Waals surface area contributed by atoms with Crippen LogP contribution in [0.4, 0.5) is 11.6 Å². The fourth-order valence-corrected chi connectivity index (χ4v) is 3.86. The summed E-state index contributed by atoms with van der Waals surface area (Å²) >= 11 is 7.59. The van der Waals surface area contributed by atoms with E-state index in [0.29, 0.717) is 6.04 Å². The van der Waals surface area contributed by atoms with Crippen LogP contribution in [-0.2, 0) is 6.54 Å². The second-order valence-electron chi connectivity index (χ2n) is 5.34. The van der Waals surface area contributed by atoms with Crippen molar-refractivity contribution >= 4 is 34.6 Å². The lowest BCUT2D eigenvalue weighted by Gasteiger charge is -2.26. The lowest BCUT2D eigenvalue weighted by molar-refractivity contribution is 0.573. The van der Waals surface area contributed by atoms with E-state index in [0.717, 1.165) is 35.6 Å². The van der Waals surface area contributed by atoms with Crippen LogP contribution in [0.25, 0.3) is 0 Å². The van der Waals surface area contributed by atoms with Gasteiger partial charge in [0.05, 0.1) is 4.34 Å². The average molecular weight is 338 g/mol. The molecular weight excluding hydrogens is 318 g/mol. The zero-order chi connectivity index (χ0) is 15.4. The largest absolute Gasteiger partial charge is 0.373 e. The predicted molar refractivity (Wildman–Crippen MR) is 93.0 cm³/mol. The van der Waals surface area contributed by atoms with Gasteiger partial charge >= 0.3 is 0 Å². The second kappa shape index (κ2) is 7.26. The minimum Gasteiger partial charge on any atom is -0.373 e. The van der Waals surface area contributed by atoms with Crippen molar-refractivity contribution in [3.8, 4) is 0 Å². The van der Waals surface area contributed by atoms with Gasteiger partial charge in [0.1, 0.15) is 18.0 Å². The molecule has 2 aromatic rings. The highest BCUT2D eigenvalue weighted by molar-refractivity contribution is 7.16. The predicted octanol–water partition coefficient (Wildman–Crippen LogP) is 2.99. The smallest absolute Gasteiger partial charge is 0.134 e. The molecule has 2 N–H and O–H groups in total. The summed E-state index contributed by atoms with van der Waals surface area (Å²) in [5, 5.41) is 6.60. The summed E-state index contributed by atoms with van der Waals surface area (Å²) in [6, 6.07) is 6.52. The zero-order valence-corrected chi connectivity index (χ0v) is 14.1. The van der Waals surface area contributed by atoms with Gasteiger partial charge in [-0.25, -0.2) is 9.97 Å². The van der Waals surface area contributed by atoms with Crippen LogP contribution in [0.15, 0.2) is 24.5 Å². The van der Waals surface area contributed by atoms with E-state index in [-0.39, 0.29) is 0 Å². The molecule has 1 aliphatic heterocycles. The molecule has 1 unspecified atom stereocenters. The standard InChI is InChI=1S/C15H20ClN5S/c1-17-14-7-15(20-10-19-14)21-6-2-3-11(21)8-18-9-12-4-5-13(16)22-12/h4-5,7,10-11,18H,2-3,6,8-9H2,1H3,(H,17,19,20). The summed E-state index contributed by atoms with van der Waals surface area (Å²) in [5.41, 5.74) is 0. The van der Waals surface area contributed by atoms with E-state index >= 15 is 0 Å². The van der Waals surface area contributed by atoms with E-state index in [4.69, 9.17) is 11.6 Å². The normalized spacial score (nSPS) is 17.9. The Morgan fingerprint density at radius 2 is 2.32 bits per heavy atom. The van der Waals surface area contributed by atoms with Gasteiger partial charge in [-0.15, -0.1) is 11.3 Å². The number of nitrogens with zero attached hydrogens (tertiary/aromatic N) is 3. The van der Waals surface area contributed by atoms with Crippen LogP contribution < -0.4 is 15.5 Å². The average Bonchev–Trinajstić information content (AvgIpc) is 3.16. The molecule has 5 nitrogen and oxygen atoms in total. The van der Waals surface area contributed by atoms with E-state index in [1.54, 1.807) is 17.7 Å². The Bertz CT molecular complexity index is 617. The molecule has 0 aromatic carbocycles. The van der Waals surface area contributed by atoms with Gasteiger partial charge in [0.2, 0.25) is 0 Å². The number of rotatable bonds is 6. The highest BCUT2D eigenvalue weighted by Crippen LogP contribution is 2.25. The third-order valence-corrected chi connectivity index (χ3v) is 5.12. The first kappa shape index (κ1) is 15.5. The Kier molecular flexibility index (Phi) is 5.12. The zero-order valence-electron chi connectivity index (χ0n) is 12.6. The molecule has 1 atom stereocenters. The quantitative estimate of drug-likeness (QED) is 0.848. The molecule has 0 saturated carbocycles. The third kappa shape index (κ3) is 3.69. The van der Waals surface area contributed by atoms with E-state index in [1.165, 1.54) is 17.7 Å². The van der Waals surface area contributed by atoms with E-state index in [2.05, 4.69) is 31.6 Å². The molecule has 0 spiro atoms. The second-order valence-corrected chi connectivity index (χ2v) is 7.14. The number of aromatic nitrogens is 2. The lowest BCUT2D eigenvalue weighted by Crippen LogP contribution is -2.38. The molecule has 0 amide bonds. The van der Waals surface area contributed by atoms with Crippen LogP contribution in [0.2, 0.25) is 4.34 Å². The first-order valence-electron chi connectivity index (χ1n) is 7.47. The monoisotopic (exact) mass is 337 g/mol. The maximum atomic E-state index is 5.96. The van der Waals surface area contributed by atoms with Crippen LogP contribution >= 0.6 is 22.9 Å². The van der Waals surface area contributed by atoms with Gasteiger partial charge in [0.25, 0.3) is 0 Å². The fourth-order valence-electron chi connectivity index (χ4n) is 2.80. The van der Waals surface area contributed by atoms with E-state index < -0.39 is 0 Å². The summed E-state index contributed by atoms with van der Waals surface area (Å²) in [6.45, 7) is 2.87. The number of nitrogens with one attached hydrogen (secondary N) is 2. The molecule has 1 fully saturated rings. The van der Waals surface area contributed by atoms with Gasteiger partial charge in [0.15, 0.2) is 0 Å². The van der Waals surface area contributed by atoms with Gasteiger partial charge in [-0.2, -0.15) is 0 Å². The lowest BCUT2D eigenvalue weighted by atomic mass is 10.2. The van der Waals surface area contributed by atoms with Crippen LogP contribution in [0.3, 0.4) is 0 Å². The summed E-state index contributed by atoms with van der Waals surface area (Å²) < 4.78 is 0.847. The van der Waals surface area contributed by atoms with Crippen molar-refractivity contribution in [3.05, 3.63) is 33.7 Å². The Hall–Kier alpha value is -1.37. The molecule has 3 rings (SSSR count). The van der Waals surface area contributed by atoms with Crippen LogP contribution in [0.1, 0.15) is 17.7 Å². The molecule has 0 bridgehead atoms. The highest BCUT2D eigenvalue weighted by Gasteiger charge is 2.25. The van der Waals surface area contributed by atoms with Gasteiger partial charge in [-0.1, -0.05) is 11.6 Å². The van der Waals surface area contributed by atoms with Crippen LogP contribution in [0.5, 0.6) is 0 Å². The van der Waals surface area contributed by atoms with Crippen molar-refractivity contribution in [1.29, 1.82) is 0 Å². The molecule has 0 radical (unpaired) electrons. The van der Waals surface area contributed by atoms with Crippen molar-refractivity contribution in [2.75, 3.05) is 30.4 Å². The van der Waals surface area contributed by atoms with Gasteiger partial charge < -0.3 is 15.5 Å². The molecule has 3 heterocycles. The first-order chi connectivity index (χ1) is 10.8. The molecule has 118 valence electrons. The van der Waals surface area contributed by atoms with Gasteiger partial charge in [-0.3, -0.25) is 0 Å². The van der Waals surface area contributed by atoms with Crippen molar-refractivity contribution in [2.45, 2.75) is 25.4 Å². The molecule has 1 aliphatic rings. The number of hydrogen-bond acceptors (Lipinski definition) is 6. The van der Waals surface area contributed by atoms with Gasteiger partial charge in [-0.05, 0) is 25.0 Å². The van der Waals surface area contributed by atoms with Crippen molar-refractivity contribution in [3.63, 3.8) is 0 Å². The Morgan fingerprint density at radius 3 is 3.09 bits per heavy atom. The minimum absolute atomic E-state index is 0.482. The number of hydrogen-bond donors (Lipinski definition) is 2. The first-order valence-corrected chi connectivity index (χ1v) is 8.67. The number of thiophene rings is 1. The van der Waals surface area contributed by atoms with E-state index in [1.807, 2.05) is 19.2 Å². The van der Waals surface area contributed by atoms with Gasteiger partial charge in [0, 0.05) is 43.7 Å². The fraction of sp³-hybridized carbons (Fsp3) is 0.467.